The standard InChI is InChI=1S/C7H10N2O3/c10-6(1-2-7(11)12)9-4-3-8-5-9/h5H,1-4H2,(H,11,12). The molecule has 0 aliphatic carbocycles. The second kappa shape index (κ2) is 3.85. The van der Waals surface area contributed by atoms with Crippen molar-refractivity contribution in [2.45, 2.75) is 12.8 Å². The van der Waals surface area contributed by atoms with Crippen molar-refractivity contribution in [2.24, 2.45) is 4.99 Å². The maximum Gasteiger partial charge on any atom is 0.303 e. The average Bonchev–Trinajstić information content (AvgIpc) is 2.51. The van der Waals surface area contributed by atoms with Crippen molar-refractivity contribution in [3.63, 3.8) is 0 Å². The monoisotopic (exact) mass is 170 g/mol. The summed E-state index contributed by atoms with van der Waals surface area (Å²) >= 11 is 0. The van der Waals surface area contributed by atoms with Crippen molar-refractivity contribution in [3.8, 4) is 0 Å². The van der Waals surface area contributed by atoms with E-state index >= 15 is 0 Å². The van der Waals surface area contributed by atoms with Crippen LogP contribution in [0.4, 0.5) is 0 Å². The van der Waals surface area contributed by atoms with Gasteiger partial charge < -0.3 is 10.0 Å². The molecule has 1 rings (SSSR count). The first-order valence-electron chi connectivity index (χ1n) is 3.71. The van der Waals surface area contributed by atoms with Crippen molar-refractivity contribution in [1.29, 1.82) is 0 Å². The lowest BCUT2D eigenvalue weighted by molar-refractivity contribution is -0.139. The minimum absolute atomic E-state index is 0.0569. The molecule has 5 heteroatoms. The lowest BCUT2D eigenvalue weighted by Crippen LogP contribution is -2.28. The molecule has 1 N–H and O–H groups in total. The zero-order valence-corrected chi connectivity index (χ0v) is 6.56. The molecule has 0 radical (unpaired) electrons. The van der Waals surface area contributed by atoms with Gasteiger partial charge in [-0.2, -0.15) is 0 Å². The Labute approximate surface area is 69.7 Å². The number of carbonyl (C=O) groups excluding carboxylic acids is 1. The third-order valence-corrected chi connectivity index (χ3v) is 1.56. The van der Waals surface area contributed by atoms with Crippen LogP contribution in [0.15, 0.2) is 4.99 Å². The summed E-state index contributed by atoms with van der Waals surface area (Å²) in [5, 5.41) is 8.30. The van der Waals surface area contributed by atoms with Crippen LogP contribution in [-0.4, -0.2) is 41.3 Å². The van der Waals surface area contributed by atoms with Gasteiger partial charge in [-0.3, -0.25) is 14.6 Å². The molecule has 0 aromatic carbocycles. The van der Waals surface area contributed by atoms with Crippen LogP contribution in [0.2, 0.25) is 0 Å². The van der Waals surface area contributed by atoms with E-state index in [1.807, 2.05) is 0 Å². The highest BCUT2D eigenvalue weighted by atomic mass is 16.4. The van der Waals surface area contributed by atoms with Crippen molar-refractivity contribution in [1.82, 2.24) is 4.90 Å². The number of nitrogens with zero attached hydrogens (tertiary/aromatic N) is 2. The quantitative estimate of drug-likeness (QED) is 0.633. The predicted molar refractivity (Wildman–Crippen MR) is 41.9 cm³/mol. The number of carboxylic acids is 1. The lowest BCUT2D eigenvalue weighted by atomic mass is 10.3. The number of carboxylic acid groups (broad SMARTS) is 1. The summed E-state index contributed by atoms with van der Waals surface area (Å²) in [6.45, 7) is 1.21. The number of hydrogen-bond acceptors (Lipinski definition) is 3. The van der Waals surface area contributed by atoms with Gasteiger partial charge in [0.1, 0.15) is 0 Å². The van der Waals surface area contributed by atoms with Crippen molar-refractivity contribution in [2.75, 3.05) is 13.1 Å². The molecule has 1 aliphatic heterocycles. The van der Waals surface area contributed by atoms with Gasteiger partial charge in [-0.15, -0.1) is 0 Å². The zero-order valence-electron chi connectivity index (χ0n) is 6.56. The van der Waals surface area contributed by atoms with Crippen LogP contribution in [-0.2, 0) is 9.59 Å². The highest BCUT2D eigenvalue weighted by Crippen LogP contribution is 1.99. The number of carbonyl (C=O) groups is 2. The number of rotatable bonds is 3. The predicted octanol–water partition coefficient (Wildman–Crippen LogP) is -0.278. The van der Waals surface area contributed by atoms with Gasteiger partial charge in [0, 0.05) is 13.0 Å². The summed E-state index contributed by atoms with van der Waals surface area (Å²) in [5.74, 6) is -1.11. The molecular formula is C7H10N2O3. The largest absolute Gasteiger partial charge is 0.481 e. The lowest BCUT2D eigenvalue weighted by Gasteiger charge is -2.09. The van der Waals surface area contributed by atoms with Gasteiger partial charge in [-0.05, 0) is 0 Å². The Bertz CT molecular complexity index is 225. The summed E-state index contributed by atoms with van der Waals surface area (Å²) in [6, 6.07) is 0. The van der Waals surface area contributed by atoms with E-state index < -0.39 is 5.97 Å². The Morgan fingerprint density at radius 1 is 1.50 bits per heavy atom. The Hall–Kier alpha value is -1.39. The van der Waals surface area contributed by atoms with Crippen LogP contribution in [0, 0.1) is 0 Å². The van der Waals surface area contributed by atoms with Gasteiger partial charge in [0.2, 0.25) is 5.91 Å². The Morgan fingerprint density at radius 3 is 2.75 bits per heavy atom. The van der Waals surface area contributed by atoms with Crippen LogP contribution in [0.1, 0.15) is 12.8 Å². The Balaban J connectivity index is 2.28. The third-order valence-electron chi connectivity index (χ3n) is 1.56. The molecule has 66 valence electrons. The molecule has 0 unspecified atom stereocenters. The first-order valence-corrected chi connectivity index (χ1v) is 3.71. The van der Waals surface area contributed by atoms with Gasteiger partial charge in [0.15, 0.2) is 0 Å². The molecule has 1 amide bonds. The van der Waals surface area contributed by atoms with Crippen LogP contribution < -0.4 is 0 Å². The van der Waals surface area contributed by atoms with Gasteiger partial charge in [0.05, 0.1) is 19.3 Å². The smallest absolute Gasteiger partial charge is 0.303 e. The number of hydrogen-bond donors (Lipinski definition) is 1. The van der Waals surface area contributed by atoms with Gasteiger partial charge in [-0.1, -0.05) is 0 Å². The van der Waals surface area contributed by atoms with E-state index in [1.54, 1.807) is 0 Å². The molecule has 0 fully saturated rings. The first-order chi connectivity index (χ1) is 5.70. The summed E-state index contributed by atoms with van der Waals surface area (Å²) in [4.78, 5) is 26.5. The fourth-order valence-corrected chi connectivity index (χ4v) is 0.926. The topological polar surface area (TPSA) is 70.0 Å². The Morgan fingerprint density at radius 2 is 2.25 bits per heavy atom. The molecular weight excluding hydrogens is 160 g/mol. The van der Waals surface area contributed by atoms with Gasteiger partial charge in [0.25, 0.3) is 0 Å². The molecule has 0 saturated heterocycles. The Kier molecular flexibility index (Phi) is 2.79. The molecule has 1 heterocycles. The highest BCUT2D eigenvalue weighted by Gasteiger charge is 2.14. The summed E-state index contributed by atoms with van der Waals surface area (Å²) in [7, 11) is 0. The van der Waals surface area contributed by atoms with Crippen molar-refractivity contribution >= 4 is 18.2 Å². The van der Waals surface area contributed by atoms with Gasteiger partial charge in [-0.25, -0.2) is 0 Å². The fraction of sp³-hybridized carbons (Fsp3) is 0.571. The maximum absolute atomic E-state index is 11.1. The molecule has 12 heavy (non-hydrogen) atoms. The summed E-state index contributed by atoms with van der Waals surface area (Å²) in [5.41, 5.74) is 0. The average molecular weight is 170 g/mol. The first kappa shape index (κ1) is 8.70. The highest BCUT2D eigenvalue weighted by molar-refractivity contribution is 5.90. The van der Waals surface area contributed by atoms with Gasteiger partial charge >= 0.3 is 5.97 Å². The van der Waals surface area contributed by atoms with E-state index in [2.05, 4.69) is 4.99 Å². The van der Waals surface area contributed by atoms with E-state index in [0.717, 1.165) is 0 Å². The van der Waals surface area contributed by atoms with Crippen molar-refractivity contribution < 1.29 is 14.7 Å². The normalized spacial score (nSPS) is 15.2. The minimum Gasteiger partial charge on any atom is -0.481 e. The SMILES string of the molecule is O=C(O)CCC(=O)N1C=NCC1. The molecule has 0 bridgehead atoms. The molecule has 0 spiro atoms. The zero-order chi connectivity index (χ0) is 8.97. The van der Waals surface area contributed by atoms with E-state index in [1.165, 1.54) is 11.2 Å². The molecule has 0 saturated carbocycles. The number of aliphatic imine (C=N–C) groups is 1. The molecule has 5 nitrogen and oxygen atoms in total. The minimum atomic E-state index is -0.945. The van der Waals surface area contributed by atoms with Crippen LogP contribution in [0.25, 0.3) is 0 Å². The second-order valence-electron chi connectivity index (χ2n) is 2.50. The van der Waals surface area contributed by atoms with Crippen LogP contribution >= 0.6 is 0 Å². The van der Waals surface area contributed by atoms with E-state index in [4.69, 9.17) is 5.11 Å². The second-order valence-corrected chi connectivity index (χ2v) is 2.50. The fourth-order valence-electron chi connectivity index (χ4n) is 0.926. The van der Waals surface area contributed by atoms with Crippen LogP contribution in [0.5, 0.6) is 0 Å². The van der Waals surface area contributed by atoms with E-state index in [-0.39, 0.29) is 18.7 Å². The van der Waals surface area contributed by atoms with E-state index in [9.17, 15) is 9.59 Å². The number of aliphatic carboxylic acids is 1. The van der Waals surface area contributed by atoms with Crippen LogP contribution in [0.3, 0.4) is 0 Å². The molecule has 0 atom stereocenters. The molecule has 1 aliphatic rings. The van der Waals surface area contributed by atoms with Crippen molar-refractivity contribution in [3.05, 3.63) is 0 Å². The van der Waals surface area contributed by atoms with E-state index in [0.29, 0.717) is 13.1 Å². The summed E-state index contributed by atoms with van der Waals surface area (Å²) < 4.78 is 0. The maximum atomic E-state index is 11.1. The number of amides is 1. The third kappa shape index (κ3) is 2.34. The summed E-state index contributed by atoms with van der Waals surface area (Å²) in [6.07, 6.45) is 1.41. The molecule has 0 aromatic rings. The molecule has 0 aromatic heterocycles.